The van der Waals surface area contributed by atoms with Gasteiger partial charge in [0.2, 0.25) is 21.1 Å². The molecule has 2 rings (SSSR count). The van der Waals surface area contributed by atoms with Crippen molar-refractivity contribution >= 4 is 27.7 Å². The Bertz CT molecular complexity index is 616. The molecule has 1 unspecified atom stereocenters. The molecule has 22 heavy (non-hydrogen) atoms. The highest BCUT2D eigenvalue weighted by atomic mass is 32.2. The monoisotopic (exact) mass is 347 g/mol. The molecule has 1 aliphatic rings. The third-order valence-corrected chi connectivity index (χ3v) is 5.55. The lowest BCUT2D eigenvalue weighted by Crippen LogP contribution is -2.45. The summed E-state index contributed by atoms with van der Waals surface area (Å²) < 4.78 is 24.5. The van der Waals surface area contributed by atoms with Gasteiger partial charge < -0.3 is 5.32 Å². The Morgan fingerprint density at radius 1 is 1.55 bits per heavy atom. The summed E-state index contributed by atoms with van der Waals surface area (Å²) in [7, 11) is -3.22. The molecule has 0 radical (unpaired) electrons. The van der Waals surface area contributed by atoms with Crippen LogP contribution >= 0.6 is 11.8 Å². The second-order valence-corrected chi connectivity index (χ2v) is 8.35. The van der Waals surface area contributed by atoms with E-state index in [0.717, 1.165) is 18.7 Å². The number of thioether (sulfide) groups is 1. The van der Waals surface area contributed by atoms with E-state index in [1.807, 2.05) is 6.92 Å². The molecule has 1 fully saturated rings. The maximum Gasteiger partial charge on any atom is 0.224 e. The molecule has 1 aromatic heterocycles. The molecule has 2 N–H and O–H groups in total. The Hall–Kier alpha value is -1.13. The molecule has 124 valence electrons. The zero-order chi connectivity index (χ0) is 16.2. The average Bonchev–Trinajstić information content (AvgIpc) is 2.88. The predicted molar refractivity (Wildman–Crippen MR) is 84.0 cm³/mol. The summed E-state index contributed by atoms with van der Waals surface area (Å²) in [4.78, 5) is 16.3. The van der Waals surface area contributed by atoms with Gasteiger partial charge in [-0.2, -0.15) is 0 Å². The highest BCUT2D eigenvalue weighted by molar-refractivity contribution is 7.99. The van der Waals surface area contributed by atoms with Gasteiger partial charge in [-0.05, 0) is 19.8 Å². The fourth-order valence-corrected chi connectivity index (χ4v) is 3.92. The molecule has 2 heterocycles. The third-order valence-electron chi connectivity index (χ3n) is 3.43. The molecular formula is C12H21N5O3S2. The van der Waals surface area contributed by atoms with Gasteiger partial charge in [0.25, 0.3) is 0 Å². The minimum absolute atomic E-state index is 0.0832. The summed E-state index contributed by atoms with van der Waals surface area (Å²) >= 11 is 1.46. The van der Waals surface area contributed by atoms with Crippen LogP contribution in [0.15, 0.2) is 5.16 Å². The molecule has 1 saturated heterocycles. The Balaban J connectivity index is 1.72. The topological polar surface area (TPSA) is 108 Å². The number of nitrogens with one attached hydrogen (secondary N) is 2. The van der Waals surface area contributed by atoms with Crippen molar-refractivity contribution < 1.29 is 13.2 Å². The van der Waals surface area contributed by atoms with Crippen LogP contribution in [-0.2, 0) is 14.8 Å². The fraction of sp³-hybridized carbons (Fsp3) is 0.750. The summed E-state index contributed by atoms with van der Waals surface area (Å²) in [5.41, 5.74) is 0. The fourth-order valence-electron chi connectivity index (χ4n) is 2.31. The second kappa shape index (κ2) is 7.42. The van der Waals surface area contributed by atoms with Crippen LogP contribution in [0.3, 0.4) is 0 Å². The SMILES string of the molecule is Cc1nc(SCCNC(=O)C2CCCN(S(C)(=O)=O)C2)n[nH]1. The number of aryl methyl sites for hydroxylation is 1. The van der Waals surface area contributed by atoms with Gasteiger partial charge in [0.05, 0.1) is 12.2 Å². The van der Waals surface area contributed by atoms with Crippen LogP contribution in [0.25, 0.3) is 0 Å². The highest BCUT2D eigenvalue weighted by Gasteiger charge is 2.29. The van der Waals surface area contributed by atoms with E-state index in [-0.39, 0.29) is 18.4 Å². The third kappa shape index (κ3) is 4.96. The molecule has 0 bridgehead atoms. The highest BCUT2D eigenvalue weighted by Crippen LogP contribution is 2.19. The van der Waals surface area contributed by atoms with E-state index in [1.165, 1.54) is 22.3 Å². The van der Waals surface area contributed by atoms with Crippen molar-refractivity contribution in [2.75, 3.05) is 31.6 Å². The van der Waals surface area contributed by atoms with E-state index < -0.39 is 10.0 Å². The van der Waals surface area contributed by atoms with E-state index in [0.29, 0.717) is 24.0 Å². The zero-order valence-corrected chi connectivity index (χ0v) is 14.3. The number of piperidine rings is 1. The first kappa shape index (κ1) is 17.2. The van der Waals surface area contributed by atoms with Gasteiger partial charge in [0, 0.05) is 25.4 Å². The van der Waals surface area contributed by atoms with Gasteiger partial charge in [-0.25, -0.2) is 17.7 Å². The van der Waals surface area contributed by atoms with E-state index in [9.17, 15) is 13.2 Å². The van der Waals surface area contributed by atoms with Crippen molar-refractivity contribution in [3.8, 4) is 0 Å². The second-order valence-electron chi connectivity index (χ2n) is 5.30. The van der Waals surface area contributed by atoms with Crippen LogP contribution in [0.4, 0.5) is 0 Å². The minimum Gasteiger partial charge on any atom is -0.355 e. The van der Waals surface area contributed by atoms with Crippen molar-refractivity contribution in [1.29, 1.82) is 0 Å². The molecule has 0 spiro atoms. The predicted octanol–water partition coefficient (Wildman–Crippen LogP) is -0.00698. The van der Waals surface area contributed by atoms with Crippen LogP contribution in [0, 0.1) is 12.8 Å². The Morgan fingerprint density at radius 2 is 2.32 bits per heavy atom. The number of H-pyrrole nitrogens is 1. The number of rotatable bonds is 6. The molecular weight excluding hydrogens is 326 g/mol. The van der Waals surface area contributed by atoms with Gasteiger partial charge in [-0.3, -0.25) is 9.89 Å². The van der Waals surface area contributed by atoms with Crippen molar-refractivity contribution in [2.24, 2.45) is 5.92 Å². The molecule has 0 aliphatic carbocycles. The lowest BCUT2D eigenvalue weighted by molar-refractivity contribution is -0.125. The normalized spacial score (nSPS) is 20.0. The number of sulfonamides is 1. The number of carbonyl (C=O) groups excluding carboxylic acids is 1. The summed E-state index contributed by atoms with van der Waals surface area (Å²) in [6, 6.07) is 0. The average molecular weight is 347 g/mol. The number of carbonyl (C=O) groups is 1. The smallest absolute Gasteiger partial charge is 0.224 e. The molecule has 1 aromatic rings. The van der Waals surface area contributed by atoms with Crippen LogP contribution in [-0.4, -0.2) is 65.5 Å². The van der Waals surface area contributed by atoms with E-state index in [2.05, 4.69) is 20.5 Å². The quantitative estimate of drug-likeness (QED) is 0.554. The minimum atomic E-state index is -3.22. The standard InChI is InChI=1S/C12H21N5O3S2/c1-9-14-12(16-15-9)21-7-5-13-11(18)10-4-3-6-17(8-10)22(2,19)20/h10H,3-8H2,1-2H3,(H,13,18)(H,14,15,16). The van der Waals surface area contributed by atoms with Gasteiger partial charge in [-0.15, -0.1) is 5.10 Å². The molecule has 1 atom stereocenters. The van der Waals surface area contributed by atoms with E-state index in [1.54, 1.807) is 0 Å². The van der Waals surface area contributed by atoms with E-state index >= 15 is 0 Å². The summed E-state index contributed by atoms with van der Waals surface area (Å²) in [5, 5.41) is 10.3. The number of amides is 1. The lowest BCUT2D eigenvalue weighted by Gasteiger charge is -2.30. The maximum absolute atomic E-state index is 12.1. The van der Waals surface area contributed by atoms with Crippen molar-refractivity contribution in [3.63, 3.8) is 0 Å². The van der Waals surface area contributed by atoms with Gasteiger partial charge >= 0.3 is 0 Å². The van der Waals surface area contributed by atoms with Crippen molar-refractivity contribution in [3.05, 3.63) is 5.82 Å². The molecule has 0 aromatic carbocycles. The molecule has 10 heteroatoms. The molecule has 1 aliphatic heterocycles. The van der Waals surface area contributed by atoms with Crippen LogP contribution < -0.4 is 5.32 Å². The van der Waals surface area contributed by atoms with Gasteiger partial charge in [0.1, 0.15) is 5.82 Å². The number of aromatic amines is 1. The Labute approximate surface area is 134 Å². The Kier molecular flexibility index (Phi) is 5.81. The van der Waals surface area contributed by atoms with Gasteiger partial charge in [-0.1, -0.05) is 11.8 Å². The van der Waals surface area contributed by atoms with Gasteiger partial charge in [0.15, 0.2) is 0 Å². The van der Waals surface area contributed by atoms with Crippen LogP contribution in [0.5, 0.6) is 0 Å². The number of hydrogen-bond donors (Lipinski definition) is 2. The summed E-state index contributed by atoms with van der Waals surface area (Å²) in [6.07, 6.45) is 2.63. The number of nitrogens with zero attached hydrogens (tertiary/aromatic N) is 3. The summed E-state index contributed by atoms with van der Waals surface area (Å²) in [5.74, 6) is 1.08. The van der Waals surface area contributed by atoms with E-state index in [4.69, 9.17) is 0 Å². The Morgan fingerprint density at radius 3 is 2.95 bits per heavy atom. The van der Waals surface area contributed by atoms with Crippen molar-refractivity contribution in [2.45, 2.75) is 24.9 Å². The molecule has 1 amide bonds. The largest absolute Gasteiger partial charge is 0.355 e. The maximum atomic E-state index is 12.1. The first-order valence-electron chi connectivity index (χ1n) is 7.11. The number of hydrogen-bond acceptors (Lipinski definition) is 6. The lowest BCUT2D eigenvalue weighted by atomic mass is 9.99. The first-order valence-corrected chi connectivity index (χ1v) is 9.94. The van der Waals surface area contributed by atoms with Crippen molar-refractivity contribution in [1.82, 2.24) is 24.8 Å². The zero-order valence-electron chi connectivity index (χ0n) is 12.7. The van der Waals surface area contributed by atoms with Crippen LogP contribution in [0.2, 0.25) is 0 Å². The molecule has 8 nitrogen and oxygen atoms in total. The number of aromatic nitrogens is 3. The summed E-state index contributed by atoms with van der Waals surface area (Å²) in [6.45, 7) is 3.11. The molecule has 0 saturated carbocycles. The van der Waals surface area contributed by atoms with Crippen LogP contribution in [0.1, 0.15) is 18.7 Å². The first-order chi connectivity index (χ1) is 10.4.